The lowest BCUT2D eigenvalue weighted by atomic mass is 9.75. The Morgan fingerprint density at radius 2 is 1.47 bits per heavy atom. The third kappa shape index (κ3) is 4.95. The smallest absolute Gasteiger partial charge is 0.0490 e. The average Bonchev–Trinajstić information content (AvgIpc) is 2.34. The maximum atomic E-state index is 8.34. The van der Waals surface area contributed by atoms with Crippen LogP contribution in [0.4, 0.5) is 0 Å². The van der Waals surface area contributed by atoms with Crippen LogP contribution in [0.15, 0.2) is 10.2 Å². The quantitative estimate of drug-likeness (QED) is 0.395. The highest BCUT2D eigenvalue weighted by atomic mass is 16.5. The Morgan fingerprint density at radius 3 is 1.88 bits per heavy atom. The van der Waals surface area contributed by atoms with Gasteiger partial charge in [0.2, 0.25) is 0 Å². The molecule has 1 aliphatic rings. The lowest BCUT2D eigenvalue weighted by molar-refractivity contribution is 0.0951. The first-order valence-corrected chi connectivity index (χ1v) is 5.80. The van der Waals surface area contributed by atoms with Crippen molar-refractivity contribution in [1.82, 2.24) is 0 Å². The molecule has 7 heteroatoms. The molecule has 1 fully saturated rings. The molecule has 1 aliphatic carbocycles. The molecule has 0 bridgehead atoms. The summed E-state index contributed by atoms with van der Waals surface area (Å²) in [5.74, 6) is 1.25. The molecule has 0 radical (unpaired) electrons. The summed E-state index contributed by atoms with van der Waals surface area (Å²) in [6, 6.07) is 0. The van der Waals surface area contributed by atoms with Gasteiger partial charge < -0.3 is 4.74 Å². The molecule has 2 atom stereocenters. The summed E-state index contributed by atoms with van der Waals surface area (Å²) in [6.07, 6.45) is 3.03. The van der Waals surface area contributed by atoms with Crippen LogP contribution in [0.5, 0.6) is 0 Å². The second-order valence-electron chi connectivity index (χ2n) is 4.59. The van der Waals surface area contributed by atoms with E-state index >= 15 is 0 Å². The molecule has 1 rings (SSSR count). The van der Waals surface area contributed by atoms with Gasteiger partial charge in [0.05, 0.1) is 0 Å². The summed E-state index contributed by atoms with van der Waals surface area (Å²) in [5, 5.41) is 7.28. The Balaban J connectivity index is 2.54. The molecule has 17 heavy (non-hydrogen) atoms. The molecule has 7 nitrogen and oxygen atoms in total. The second kappa shape index (κ2) is 7.79. The summed E-state index contributed by atoms with van der Waals surface area (Å²) in [4.78, 5) is 5.60. The van der Waals surface area contributed by atoms with Gasteiger partial charge in [-0.3, -0.25) is 0 Å². The first-order valence-electron chi connectivity index (χ1n) is 5.80. The highest BCUT2D eigenvalue weighted by Crippen LogP contribution is 2.34. The molecule has 94 valence electrons. The zero-order valence-electron chi connectivity index (χ0n) is 10.1. The van der Waals surface area contributed by atoms with Crippen molar-refractivity contribution in [2.45, 2.75) is 19.3 Å². The Bertz CT molecular complexity index is 293. The first kappa shape index (κ1) is 13.6. The topological polar surface area (TPSA) is 107 Å². The van der Waals surface area contributed by atoms with Gasteiger partial charge >= 0.3 is 0 Å². The van der Waals surface area contributed by atoms with Gasteiger partial charge in [-0.25, -0.2) is 0 Å². The third-order valence-electron chi connectivity index (χ3n) is 3.21. The maximum absolute atomic E-state index is 8.34. The monoisotopic (exact) mass is 238 g/mol. The standard InChI is InChI=1S/C10H18N6O/c1-17-7-10-3-8(5-13-15-11)2-9(4-10)6-14-16-12/h8-10H,2-7H2,1H3. The van der Waals surface area contributed by atoms with Crippen molar-refractivity contribution in [2.24, 2.45) is 28.0 Å². The predicted molar refractivity (Wildman–Crippen MR) is 64.2 cm³/mol. The van der Waals surface area contributed by atoms with Crippen LogP contribution in [-0.2, 0) is 4.74 Å². The number of methoxy groups -OCH3 is 1. The highest BCUT2D eigenvalue weighted by molar-refractivity contribution is 4.81. The largest absolute Gasteiger partial charge is 0.384 e. The van der Waals surface area contributed by atoms with Crippen molar-refractivity contribution in [1.29, 1.82) is 0 Å². The number of nitrogens with zero attached hydrogens (tertiary/aromatic N) is 6. The molecular formula is C10H18N6O. The van der Waals surface area contributed by atoms with Gasteiger partial charge in [-0.1, -0.05) is 10.2 Å². The molecule has 1 saturated carbocycles. The van der Waals surface area contributed by atoms with Crippen LogP contribution in [0.25, 0.3) is 20.9 Å². The summed E-state index contributed by atoms with van der Waals surface area (Å²) in [6.45, 7) is 1.78. The Kier molecular flexibility index (Phi) is 6.25. The van der Waals surface area contributed by atoms with Crippen LogP contribution in [0.2, 0.25) is 0 Å². The normalized spacial score (nSPS) is 27.9. The molecule has 0 aliphatic heterocycles. The van der Waals surface area contributed by atoms with Gasteiger partial charge in [0.15, 0.2) is 0 Å². The lowest BCUT2D eigenvalue weighted by Crippen LogP contribution is -2.28. The molecule has 0 N–H and O–H groups in total. The number of hydrogen-bond acceptors (Lipinski definition) is 3. The SMILES string of the molecule is COCC1CC(CN=[N+]=[N-])CC(CN=[N+]=[N-])C1. The van der Waals surface area contributed by atoms with Gasteiger partial charge in [-0.05, 0) is 48.1 Å². The molecule has 0 heterocycles. The number of azide groups is 2. The van der Waals surface area contributed by atoms with Crippen LogP contribution < -0.4 is 0 Å². The maximum Gasteiger partial charge on any atom is 0.0490 e. The Labute approximate surface area is 100 Å². The summed E-state index contributed by atoms with van der Waals surface area (Å²) < 4.78 is 5.18. The van der Waals surface area contributed by atoms with Gasteiger partial charge in [-0.15, -0.1) is 0 Å². The van der Waals surface area contributed by atoms with Gasteiger partial charge in [0, 0.05) is 36.6 Å². The van der Waals surface area contributed by atoms with E-state index in [2.05, 4.69) is 20.1 Å². The predicted octanol–water partition coefficient (Wildman–Crippen LogP) is 3.29. The van der Waals surface area contributed by atoms with Crippen molar-refractivity contribution >= 4 is 0 Å². The lowest BCUT2D eigenvalue weighted by Gasteiger charge is -2.33. The molecule has 0 saturated heterocycles. The molecular weight excluding hydrogens is 220 g/mol. The van der Waals surface area contributed by atoms with Crippen LogP contribution in [0.3, 0.4) is 0 Å². The van der Waals surface area contributed by atoms with E-state index in [4.69, 9.17) is 15.8 Å². The van der Waals surface area contributed by atoms with Crippen LogP contribution in [0, 0.1) is 17.8 Å². The molecule has 0 aromatic carbocycles. The average molecular weight is 238 g/mol. The first-order chi connectivity index (χ1) is 8.30. The third-order valence-corrected chi connectivity index (χ3v) is 3.21. The van der Waals surface area contributed by atoms with Crippen LogP contribution in [0.1, 0.15) is 19.3 Å². The van der Waals surface area contributed by atoms with Crippen molar-refractivity contribution < 1.29 is 4.74 Å². The minimum atomic E-state index is 0.388. The van der Waals surface area contributed by atoms with E-state index in [0.29, 0.717) is 30.8 Å². The Hall–Kier alpha value is -1.42. The van der Waals surface area contributed by atoms with Gasteiger partial charge in [0.25, 0.3) is 0 Å². The second-order valence-corrected chi connectivity index (χ2v) is 4.59. The van der Waals surface area contributed by atoms with Crippen molar-refractivity contribution in [3.8, 4) is 0 Å². The number of hydrogen-bond donors (Lipinski definition) is 0. The zero-order valence-corrected chi connectivity index (χ0v) is 10.1. The zero-order chi connectivity index (χ0) is 12.5. The fraction of sp³-hybridized carbons (Fsp3) is 1.00. The van der Waals surface area contributed by atoms with E-state index in [1.165, 1.54) is 0 Å². The minimum absolute atomic E-state index is 0.388. The van der Waals surface area contributed by atoms with Crippen LogP contribution in [-0.4, -0.2) is 26.8 Å². The van der Waals surface area contributed by atoms with E-state index < -0.39 is 0 Å². The molecule has 0 spiro atoms. The molecule has 2 unspecified atom stereocenters. The fourth-order valence-corrected chi connectivity index (χ4v) is 2.68. The minimum Gasteiger partial charge on any atom is -0.384 e. The number of rotatable bonds is 6. The molecule has 0 aromatic rings. The van der Waals surface area contributed by atoms with E-state index in [9.17, 15) is 0 Å². The van der Waals surface area contributed by atoms with Crippen molar-refractivity contribution in [2.75, 3.05) is 26.8 Å². The van der Waals surface area contributed by atoms with E-state index in [0.717, 1.165) is 25.9 Å². The molecule has 0 amide bonds. The molecule has 0 aromatic heterocycles. The van der Waals surface area contributed by atoms with E-state index in [1.807, 2.05) is 0 Å². The van der Waals surface area contributed by atoms with Crippen LogP contribution >= 0.6 is 0 Å². The number of ether oxygens (including phenoxy) is 1. The van der Waals surface area contributed by atoms with E-state index in [1.54, 1.807) is 7.11 Å². The van der Waals surface area contributed by atoms with Gasteiger partial charge in [0.1, 0.15) is 0 Å². The summed E-state index contributed by atoms with van der Waals surface area (Å²) in [7, 11) is 1.69. The van der Waals surface area contributed by atoms with E-state index in [-0.39, 0.29) is 0 Å². The summed E-state index contributed by atoms with van der Waals surface area (Å²) >= 11 is 0. The Morgan fingerprint density at radius 1 is 1.00 bits per heavy atom. The van der Waals surface area contributed by atoms with Crippen molar-refractivity contribution in [3.63, 3.8) is 0 Å². The van der Waals surface area contributed by atoms with Gasteiger partial charge in [-0.2, -0.15) is 0 Å². The van der Waals surface area contributed by atoms with Crippen molar-refractivity contribution in [3.05, 3.63) is 20.9 Å². The highest BCUT2D eigenvalue weighted by Gasteiger charge is 2.27. The fourth-order valence-electron chi connectivity index (χ4n) is 2.68. The summed E-state index contributed by atoms with van der Waals surface area (Å²) in [5.41, 5.74) is 16.7.